The summed E-state index contributed by atoms with van der Waals surface area (Å²) in [5, 5.41) is 2.86. The predicted octanol–water partition coefficient (Wildman–Crippen LogP) is 1.23. The highest BCUT2D eigenvalue weighted by Gasteiger charge is 2.17. The van der Waals surface area contributed by atoms with Crippen LogP contribution in [0.4, 0.5) is 5.69 Å². The maximum Gasteiger partial charge on any atom is 0.241 e. The van der Waals surface area contributed by atoms with Crippen LogP contribution in [0.15, 0.2) is 24.3 Å². The van der Waals surface area contributed by atoms with E-state index in [2.05, 4.69) is 5.32 Å². The molecule has 0 saturated carbocycles. The third-order valence-electron chi connectivity index (χ3n) is 3.13. The lowest BCUT2D eigenvalue weighted by Gasteiger charge is -2.23. The smallest absolute Gasteiger partial charge is 0.241 e. The zero-order chi connectivity index (χ0) is 15.1. The minimum Gasteiger partial charge on any atom is -0.389 e. The van der Waals surface area contributed by atoms with Gasteiger partial charge in [-0.25, -0.2) is 0 Å². The number of carbonyl (C=O) groups excluding carboxylic acids is 1. The van der Waals surface area contributed by atoms with Crippen molar-refractivity contribution < 1.29 is 9.53 Å². The highest BCUT2D eigenvalue weighted by Crippen LogP contribution is 2.10. The Hall–Kier alpha value is -1.50. The SMILES string of the molecule is COCCN(C)C(C)C(=O)Nc1ccc(C(N)=S)cc1. The van der Waals surface area contributed by atoms with Gasteiger partial charge in [0.1, 0.15) is 4.99 Å². The molecule has 0 aliphatic carbocycles. The molecule has 1 amide bonds. The molecule has 1 aromatic carbocycles. The maximum absolute atomic E-state index is 12.1. The molecule has 20 heavy (non-hydrogen) atoms. The molecule has 5 nitrogen and oxygen atoms in total. The van der Waals surface area contributed by atoms with Crippen LogP contribution in [0.3, 0.4) is 0 Å². The molecular formula is C14H21N3O2S. The van der Waals surface area contributed by atoms with Crippen LogP contribution in [0, 0.1) is 0 Å². The van der Waals surface area contributed by atoms with E-state index in [1.165, 1.54) is 0 Å². The molecule has 1 atom stereocenters. The predicted molar refractivity (Wildman–Crippen MR) is 84.9 cm³/mol. The molecular weight excluding hydrogens is 274 g/mol. The van der Waals surface area contributed by atoms with Gasteiger partial charge in [-0.3, -0.25) is 9.69 Å². The number of nitrogens with zero attached hydrogens (tertiary/aromatic N) is 1. The number of ether oxygens (including phenoxy) is 1. The first-order valence-electron chi connectivity index (χ1n) is 6.35. The standard InChI is InChI=1S/C14H21N3O2S/c1-10(17(2)8-9-19-3)14(18)16-12-6-4-11(5-7-12)13(15)20/h4-7,10H,8-9H2,1-3H3,(H2,15,20)(H,16,18). The second kappa shape index (κ2) is 7.94. The van der Waals surface area contributed by atoms with E-state index >= 15 is 0 Å². The Balaban J connectivity index is 2.58. The average molecular weight is 295 g/mol. The van der Waals surface area contributed by atoms with Crippen LogP contribution in [0.25, 0.3) is 0 Å². The van der Waals surface area contributed by atoms with E-state index < -0.39 is 0 Å². The molecule has 0 radical (unpaired) electrons. The third-order valence-corrected chi connectivity index (χ3v) is 3.36. The number of amides is 1. The van der Waals surface area contributed by atoms with Crippen molar-refractivity contribution in [2.75, 3.05) is 32.6 Å². The van der Waals surface area contributed by atoms with Crippen LogP contribution < -0.4 is 11.1 Å². The molecule has 0 aromatic heterocycles. The largest absolute Gasteiger partial charge is 0.389 e. The van der Waals surface area contributed by atoms with E-state index in [0.717, 1.165) is 11.3 Å². The molecule has 0 aliphatic rings. The first-order chi connectivity index (χ1) is 9.45. The number of nitrogens with two attached hydrogens (primary N) is 1. The molecule has 0 aliphatic heterocycles. The molecule has 0 heterocycles. The number of nitrogens with one attached hydrogen (secondary N) is 1. The first kappa shape index (κ1) is 16.6. The van der Waals surface area contributed by atoms with Crippen LogP contribution in [0.5, 0.6) is 0 Å². The first-order valence-corrected chi connectivity index (χ1v) is 6.76. The number of hydrogen-bond donors (Lipinski definition) is 2. The highest BCUT2D eigenvalue weighted by atomic mass is 32.1. The van der Waals surface area contributed by atoms with E-state index in [1.807, 2.05) is 18.9 Å². The fourth-order valence-electron chi connectivity index (χ4n) is 1.59. The lowest BCUT2D eigenvalue weighted by molar-refractivity contribution is -0.120. The summed E-state index contributed by atoms with van der Waals surface area (Å²) in [5.74, 6) is -0.0633. The summed E-state index contributed by atoms with van der Waals surface area (Å²) < 4.78 is 5.00. The van der Waals surface area contributed by atoms with Gasteiger partial charge in [0.05, 0.1) is 12.6 Å². The van der Waals surface area contributed by atoms with Crippen LogP contribution in [-0.2, 0) is 9.53 Å². The summed E-state index contributed by atoms with van der Waals surface area (Å²) in [4.78, 5) is 14.4. The molecule has 3 N–H and O–H groups in total. The minimum atomic E-state index is -0.236. The molecule has 0 saturated heterocycles. The molecule has 0 bridgehead atoms. The summed E-state index contributed by atoms with van der Waals surface area (Å²) in [5.41, 5.74) is 7.03. The Kier molecular flexibility index (Phi) is 6.57. The van der Waals surface area contributed by atoms with Crippen molar-refractivity contribution in [3.05, 3.63) is 29.8 Å². The minimum absolute atomic E-state index is 0.0633. The number of methoxy groups -OCH3 is 1. The number of hydrogen-bond acceptors (Lipinski definition) is 4. The molecule has 1 aromatic rings. The van der Waals surface area contributed by atoms with Crippen LogP contribution in [0.1, 0.15) is 12.5 Å². The molecule has 6 heteroatoms. The summed E-state index contributed by atoms with van der Waals surface area (Å²) in [6.07, 6.45) is 0. The number of likely N-dealkylation sites (N-methyl/N-ethyl adjacent to an activating group) is 1. The zero-order valence-electron chi connectivity index (χ0n) is 12.1. The van der Waals surface area contributed by atoms with Gasteiger partial charge in [-0.05, 0) is 38.2 Å². The molecule has 1 rings (SSSR count). The Morgan fingerprint density at radius 2 is 2.05 bits per heavy atom. The Morgan fingerprint density at radius 1 is 1.45 bits per heavy atom. The molecule has 110 valence electrons. The van der Waals surface area contributed by atoms with Crippen molar-refractivity contribution >= 4 is 28.8 Å². The van der Waals surface area contributed by atoms with E-state index in [-0.39, 0.29) is 11.9 Å². The van der Waals surface area contributed by atoms with Gasteiger partial charge in [-0.15, -0.1) is 0 Å². The van der Waals surface area contributed by atoms with Gasteiger partial charge in [0.15, 0.2) is 0 Å². The Labute approximate surface area is 125 Å². The summed E-state index contributed by atoms with van der Waals surface area (Å²) in [7, 11) is 3.53. The lowest BCUT2D eigenvalue weighted by atomic mass is 10.2. The van der Waals surface area contributed by atoms with Crippen molar-refractivity contribution in [2.24, 2.45) is 5.73 Å². The van der Waals surface area contributed by atoms with Gasteiger partial charge in [0.25, 0.3) is 0 Å². The van der Waals surface area contributed by atoms with Crippen LogP contribution >= 0.6 is 12.2 Å². The molecule has 1 unspecified atom stereocenters. The fourth-order valence-corrected chi connectivity index (χ4v) is 1.73. The van der Waals surface area contributed by atoms with Crippen molar-refractivity contribution in [2.45, 2.75) is 13.0 Å². The maximum atomic E-state index is 12.1. The van der Waals surface area contributed by atoms with E-state index in [0.29, 0.717) is 18.1 Å². The van der Waals surface area contributed by atoms with Crippen molar-refractivity contribution in [1.29, 1.82) is 0 Å². The second-order valence-corrected chi connectivity index (χ2v) is 5.02. The van der Waals surface area contributed by atoms with Gasteiger partial charge in [-0.2, -0.15) is 0 Å². The number of anilines is 1. The topological polar surface area (TPSA) is 67.6 Å². The number of carbonyl (C=O) groups is 1. The van der Waals surface area contributed by atoms with Gasteiger partial charge in [0, 0.05) is 24.9 Å². The number of rotatable bonds is 7. The monoisotopic (exact) mass is 295 g/mol. The van der Waals surface area contributed by atoms with Crippen LogP contribution in [0.2, 0.25) is 0 Å². The molecule has 0 spiro atoms. The second-order valence-electron chi connectivity index (χ2n) is 4.58. The van der Waals surface area contributed by atoms with E-state index in [9.17, 15) is 4.79 Å². The van der Waals surface area contributed by atoms with Gasteiger partial charge >= 0.3 is 0 Å². The van der Waals surface area contributed by atoms with Crippen molar-refractivity contribution in [3.63, 3.8) is 0 Å². The van der Waals surface area contributed by atoms with Gasteiger partial charge < -0.3 is 15.8 Å². The highest BCUT2D eigenvalue weighted by molar-refractivity contribution is 7.80. The zero-order valence-corrected chi connectivity index (χ0v) is 12.9. The normalized spacial score (nSPS) is 12.2. The van der Waals surface area contributed by atoms with E-state index in [4.69, 9.17) is 22.7 Å². The number of thiocarbonyl (C=S) groups is 1. The van der Waals surface area contributed by atoms with Gasteiger partial charge in [-0.1, -0.05) is 12.2 Å². The van der Waals surface area contributed by atoms with Crippen LogP contribution in [-0.4, -0.2) is 49.1 Å². The summed E-state index contributed by atoms with van der Waals surface area (Å²) >= 11 is 4.88. The van der Waals surface area contributed by atoms with Gasteiger partial charge in [0.2, 0.25) is 5.91 Å². The van der Waals surface area contributed by atoms with E-state index in [1.54, 1.807) is 31.4 Å². The summed E-state index contributed by atoms with van der Waals surface area (Å²) in [6.45, 7) is 3.15. The van der Waals surface area contributed by atoms with Crippen molar-refractivity contribution in [1.82, 2.24) is 4.90 Å². The number of benzene rings is 1. The molecule has 0 fully saturated rings. The fraction of sp³-hybridized carbons (Fsp3) is 0.429. The lowest BCUT2D eigenvalue weighted by Crippen LogP contribution is -2.41. The average Bonchev–Trinajstić information content (AvgIpc) is 2.44. The van der Waals surface area contributed by atoms with Crippen molar-refractivity contribution in [3.8, 4) is 0 Å². The Morgan fingerprint density at radius 3 is 2.55 bits per heavy atom. The third kappa shape index (κ3) is 4.88. The quantitative estimate of drug-likeness (QED) is 0.741. The Bertz CT molecular complexity index is 462. The summed E-state index contributed by atoms with van der Waals surface area (Å²) in [6, 6.07) is 6.91.